The summed E-state index contributed by atoms with van der Waals surface area (Å²) in [5.74, 6) is -0.0995. The fraction of sp³-hybridized carbons (Fsp3) is 0.812. The minimum Gasteiger partial charge on any atom is -0.460 e. The minimum absolute atomic E-state index is 0.0995. The number of likely N-dealkylation sites (tertiary alicyclic amines) is 1. The summed E-state index contributed by atoms with van der Waals surface area (Å²) < 4.78 is 7.13. The molecule has 0 aliphatic carbocycles. The van der Waals surface area contributed by atoms with E-state index < -0.39 is 5.60 Å². The van der Waals surface area contributed by atoms with E-state index in [2.05, 4.69) is 15.2 Å². The average molecular weight is 308 g/mol. The van der Waals surface area contributed by atoms with Gasteiger partial charge in [0, 0.05) is 32.3 Å². The normalized spacial score (nSPS) is 20.1. The monoisotopic (exact) mass is 308 g/mol. The van der Waals surface area contributed by atoms with Gasteiger partial charge in [-0.2, -0.15) is 0 Å². The highest BCUT2D eigenvalue weighted by Gasteiger charge is 2.25. The maximum Gasteiger partial charge on any atom is 0.306 e. The molecule has 22 heavy (non-hydrogen) atoms. The van der Waals surface area contributed by atoms with E-state index in [1.165, 1.54) is 12.8 Å². The number of hydrogen-bond donors (Lipinski definition) is 0. The maximum atomic E-state index is 11.9. The highest BCUT2D eigenvalue weighted by molar-refractivity contribution is 5.69. The van der Waals surface area contributed by atoms with Gasteiger partial charge in [-0.1, -0.05) is 11.6 Å². The fourth-order valence-corrected chi connectivity index (χ4v) is 2.95. The zero-order chi connectivity index (χ0) is 16.2. The Balaban J connectivity index is 1.85. The standard InChI is InChI=1S/C16H28N4O2/c1-16(2,3)22-15(21)9-8-14-7-5-6-10-20(14)12-13-11-19(4)18-17-13/h11,14H,5-10,12H2,1-4H3. The second-order valence-corrected chi connectivity index (χ2v) is 7.13. The van der Waals surface area contributed by atoms with Crippen molar-refractivity contribution in [3.63, 3.8) is 0 Å². The lowest BCUT2D eigenvalue weighted by Gasteiger charge is -2.35. The number of ether oxygens (including phenoxy) is 1. The molecule has 1 aromatic rings. The van der Waals surface area contributed by atoms with Gasteiger partial charge in [-0.05, 0) is 46.6 Å². The molecule has 1 saturated heterocycles. The fourth-order valence-electron chi connectivity index (χ4n) is 2.95. The highest BCUT2D eigenvalue weighted by Crippen LogP contribution is 2.23. The van der Waals surface area contributed by atoms with Gasteiger partial charge >= 0.3 is 5.97 Å². The Hall–Kier alpha value is -1.43. The third-order valence-electron chi connectivity index (χ3n) is 3.87. The lowest BCUT2D eigenvalue weighted by molar-refractivity contribution is -0.155. The van der Waals surface area contributed by atoms with Gasteiger partial charge in [0.25, 0.3) is 0 Å². The number of nitrogens with zero attached hydrogens (tertiary/aromatic N) is 4. The van der Waals surface area contributed by atoms with Crippen LogP contribution in [-0.2, 0) is 23.1 Å². The lowest BCUT2D eigenvalue weighted by atomic mass is 9.97. The largest absolute Gasteiger partial charge is 0.460 e. The molecule has 0 radical (unpaired) electrons. The molecule has 1 atom stereocenters. The Morgan fingerprint density at radius 3 is 2.82 bits per heavy atom. The van der Waals surface area contributed by atoms with Crippen LogP contribution in [0.15, 0.2) is 6.20 Å². The Kier molecular flexibility index (Phi) is 5.56. The summed E-state index contributed by atoms with van der Waals surface area (Å²) in [4.78, 5) is 14.3. The first-order valence-corrected chi connectivity index (χ1v) is 8.14. The van der Waals surface area contributed by atoms with E-state index in [1.807, 2.05) is 34.0 Å². The van der Waals surface area contributed by atoms with Gasteiger partial charge in [0.15, 0.2) is 0 Å². The van der Waals surface area contributed by atoms with E-state index in [1.54, 1.807) is 4.68 Å². The number of aryl methyl sites for hydroxylation is 1. The SMILES string of the molecule is Cn1cc(CN2CCCCC2CCC(=O)OC(C)(C)C)nn1. The van der Waals surface area contributed by atoms with E-state index in [0.717, 1.165) is 31.6 Å². The second-order valence-electron chi connectivity index (χ2n) is 7.13. The van der Waals surface area contributed by atoms with Crippen LogP contribution in [0.2, 0.25) is 0 Å². The third kappa shape index (κ3) is 5.40. The quantitative estimate of drug-likeness (QED) is 0.781. The van der Waals surface area contributed by atoms with Crippen molar-refractivity contribution in [2.45, 2.75) is 71.1 Å². The molecular weight excluding hydrogens is 280 g/mol. The molecule has 1 aliphatic heterocycles. The van der Waals surface area contributed by atoms with Gasteiger partial charge < -0.3 is 4.74 Å². The van der Waals surface area contributed by atoms with Crippen molar-refractivity contribution in [2.24, 2.45) is 7.05 Å². The Bertz CT molecular complexity index is 493. The van der Waals surface area contributed by atoms with Crippen LogP contribution in [-0.4, -0.2) is 44.1 Å². The van der Waals surface area contributed by atoms with Crippen LogP contribution in [0.5, 0.6) is 0 Å². The third-order valence-corrected chi connectivity index (χ3v) is 3.87. The van der Waals surface area contributed by atoms with Crippen molar-refractivity contribution in [2.75, 3.05) is 6.54 Å². The molecule has 124 valence electrons. The first-order chi connectivity index (χ1) is 10.3. The van der Waals surface area contributed by atoms with E-state index in [0.29, 0.717) is 12.5 Å². The van der Waals surface area contributed by atoms with Gasteiger partial charge in [-0.3, -0.25) is 14.4 Å². The van der Waals surface area contributed by atoms with Crippen LogP contribution in [0.1, 0.15) is 58.6 Å². The van der Waals surface area contributed by atoms with Gasteiger partial charge in [-0.25, -0.2) is 0 Å². The van der Waals surface area contributed by atoms with Gasteiger partial charge in [0.05, 0.1) is 5.69 Å². The number of esters is 1. The number of hydrogen-bond acceptors (Lipinski definition) is 5. The molecule has 1 unspecified atom stereocenters. The molecule has 2 heterocycles. The molecule has 2 rings (SSSR count). The van der Waals surface area contributed by atoms with E-state index in [4.69, 9.17) is 4.74 Å². The zero-order valence-corrected chi connectivity index (χ0v) is 14.2. The lowest BCUT2D eigenvalue weighted by Crippen LogP contribution is -2.39. The van der Waals surface area contributed by atoms with Crippen LogP contribution in [0, 0.1) is 0 Å². The molecule has 0 N–H and O–H groups in total. The number of carbonyl (C=O) groups excluding carboxylic acids is 1. The molecule has 0 saturated carbocycles. The van der Waals surface area contributed by atoms with Crippen molar-refractivity contribution < 1.29 is 9.53 Å². The predicted molar refractivity (Wildman–Crippen MR) is 84.1 cm³/mol. The molecule has 0 spiro atoms. The molecule has 0 bridgehead atoms. The number of aromatic nitrogens is 3. The van der Waals surface area contributed by atoms with Crippen molar-refractivity contribution in [1.82, 2.24) is 19.9 Å². The highest BCUT2D eigenvalue weighted by atomic mass is 16.6. The van der Waals surface area contributed by atoms with Crippen molar-refractivity contribution >= 4 is 5.97 Å². The van der Waals surface area contributed by atoms with Gasteiger partial charge in [0.2, 0.25) is 0 Å². The van der Waals surface area contributed by atoms with Crippen molar-refractivity contribution in [1.29, 1.82) is 0 Å². The topological polar surface area (TPSA) is 60.2 Å². The predicted octanol–water partition coefficient (Wildman–Crippen LogP) is 2.29. The summed E-state index contributed by atoms with van der Waals surface area (Å²) in [5, 5.41) is 8.16. The zero-order valence-electron chi connectivity index (χ0n) is 14.2. The second kappa shape index (κ2) is 7.22. The molecule has 6 nitrogen and oxygen atoms in total. The Morgan fingerprint density at radius 1 is 1.41 bits per heavy atom. The van der Waals surface area contributed by atoms with Crippen molar-refractivity contribution in [3.05, 3.63) is 11.9 Å². The minimum atomic E-state index is -0.400. The van der Waals surface area contributed by atoms with Gasteiger partial charge in [0.1, 0.15) is 5.60 Å². The molecular formula is C16H28N4O2. The summed E-state index contributed by atoms with van der Waals surface area (Å²) in [6, 6.07) is 0.434. The maximum absolute atomic E-state index is 11.9. The molecule has 0 amide bonds. The smallest absolute Gasteiger partial charge is 0.306 e. The summed E-state index contributed by atoms with van der Waals surface area (Å²) in [7, 11) is 1.88. The number of carbonyl (C=O) groups is 1. The van der Waals surface area contributed by atoms with Crippen LogP contribution in [0.4, 0.5) is 0 Å². The summed E-state index contributed by atoms with van der Waals surface area (Å²) >= 11 is 0. The summed E-state index contributed by atoms with van der Waals surface area (Å²) in [6.45, 7) is 7.60. The van der Waals surface area contributed by atoms with E-state index in [-0.39, 0.29) is 5.97 Å². The Morgan fingerprint density at radius 2 is 2.18 bits per heavy atom. The van der Waals surface area contributed by atoms with Crippen LogP contribution in [0.3, 0.4) is 0 Å². The number of piperidine rings is 1. The molecule has 0 aromatic carbocycles. The first kappa shape index (κ1) is 16.9. The van der Waals surface area contributed by atoms with E-state index >= 15 is 0 Å². The molecule has 1 aromatic heterocycles. The molecule has 1 fully saturated rings. The van der Waals surface area contributed by atoms with Crippen LogP contribution >= 0.6 is 0 Å². The Labute approximate surface area is 132 Å². The van der Waals surface area contributed by atoms with E-state index in [9.17, 15) is 4.79 Å². The van der Waals surface area contributed by atoms with Crippen molar-refractivity contribution in [3.8, 4) is 0 Å². The van der Waals surface area contributed by atoms with Crippen LogP contribution < -0.4 is 0 Å². The average Bonchev–Trinajstić information content (AvgIpc) is 2.81. The summed E-state index contributed by atoms with van der Waals surface area (Å²) in [5.41, 5.74) is 0.592. The van der Waals surface area contributed by atoms with Gasteiger partial charge in [-0.15, -0.1) is 5.10 Å². The summed E-state index contributed by atoms with van der Waals surface area (Å²) in [6.07, 6.45) is 6.88. The molecule has 1 aliphatic rings. The molecule has 6 heteroatoms. The first-order valence-electron chi connectivity index (χ1n) is 8.14. The van der Waals surface area contributed by atoms with Crippen LogP contribution in [0.25, 0.3) is 0 Å². The number of rotatable bonds is 5.